The van der Waals surface area contributed by atoms with Crippen LogP contribution < -0.4 is 15.8 Å². The molecule has 1 aromatic carbocycles. The molecular formula is C16H27N3O3S. The summed E-state index contributed by atoms with van der Waals surface area (Å²) in [6, 6.07) is 6.34. The van der Waals surface area contributed by atoms with Gasteiger partial charge in [-0.1, -0.05) is 26.2 Å². The highest BCUT2D eigenvalue weighted by atomic mass is 32.2. The quantitative estimate of drug-likeness (QED) is 0.385. The summed E-state index contributed by atoms with van der Waals surface area (Å²) in [5.74, 6) is 1.05. The first-order valence-corrected chi connectivity index (χ1v) is 9.79. The summed E-state index contributed by atoms with van der Waals surface area (Å²) in [6.07, 6.45) is 5.85. The zero-order valence-corrected chi connectivity index (χ0v) is 14.7. The summed E-state index contributed by atoms with van der Waals surface area (Å²) < 4.78 is 28.2. The normalized spacial score (nSPS) is 12.2. The number of hydrogen-bond acceptors (Lipinski definition) is 4. The number of unbranched alkanes of at least 4 members (excludes halogenated alkanes) is 3. The van der Waals surface area contributed by atoms with Crippen LogP contribution in [0.2, 0.25) is 0 Å². The van der Waals surface area contributed by atoms with Crippen LogP contribution in [-0.2, 0) is 9.84 Å². The van der Waals surface area contributed by atoms with Crippen LogP contribution >= 0.6 is 0 Å². The summed E-state index contributed by atoms with van der Waals surface area (Å²) >= 11 is 0. The molecule has 0 saturated carbocycles. The zero-order valence-electron chi connectivity index (χ0n) is 13.9. The average Bonchev–Trinajstić information content (AvgIpc) is 2.51. The molecule has 0 heterocycles. The van der Waals surface area contributed by atoms with Gasteiger partial charge in [0.1, 0.15) is 12.4 Å². The van der Waals surface area contributed by atoms with E-state index in [9.17, 15) is 8.42 Å². The van der Waals surface area contributed by atoms with Crippen LogP contribution in [-0.4, -0.2) is 40.3 Å². The highest BCUT2D eigenvalue weighted by Crippen LogP contribution is 2.15. The van der Waals surface area contributed by atoms with Crippen LogP contribution in [0.15, 0.2) is 34.2 Å². The van der Waals surface area contributed by atoms with E-state index in [2.05, 4.69) is 17.2 Å². The maximum Gasteiger partial charge on any atom is 0.188 e. The van der Waals surface area contributed by atoms with Gasteiger partial charge in [0.2, 0.25) is 0 Å². The zero-order chi connectivity index (χ0) is 17.1. The number of nitrogens with zero attached hydrogens (tertiary/aromatic N) is 1. The van der Waals surface area contributed by atoms with E-state index in [-0.39, 0.29) is 4.90 Å². The van der Waals surface area contributed by atoms with Gasteiger partial charge in [-0.15, -0.1) is 0 Å². The first kappa shape index (κ1) is 19.3. The van der Waals surface area contributed by atoms with Crippen molar-refractivity contribution in [2.75, 3.05) is 26.0 Å². The van der Waals surface area contributed by atoms with Gasteiger partial charge >= 0.3 is 0 Å². The van der Waals surface area contributed by atoms with Crippen molar-refractivity contribution >= 4 is 15.8 Å². The van der Waals surface area contributed by atoms with Crippen molar-refractivity contribution in [3.63, 3.8) is 0 Å². The van der Waals surface area contributed by atoms with E-state index >= 15 is 0 Å². The molecule has 1 rings (SSSR count). The minimum atomic E-state index is -3.17. The number of aliphatic imine (C=N–C) groups is 1. The first-order valence-electron chi connectivity index (χ1n) is 7.90. The summed E-state index contributed by atoms with van der Waals surface area (Å²) in [4.78, 5) is 4.52. The molecule has 6 nitrogen and oxygen atoms in total. The monoisotopic (exact) mass is 341 g/mol. The lowest BCUT2D eigenvalue weighted by atomic mass is 10.2. The Morgan fingerprint density at radius 1 is 1.22 bits per heavy atom. The molecule has 0 aliphatic carbocycles. The van der Waals surface area contributed by atoms with Crippen LogP contribution in [0.1, 0.15) is 32.6 Å². The van der Waals surface area contributed by atoms with E-state index < -0.39 is 9.84 Å². The van der Waals surface area contributed by atoms with Crippen molar-refractivity contribution in [3.8, 4) is 5.75 Å². The third-order valence-corrected chi connectivity index (χ3v) is 4.35. The van der Waals surface area contributed by atoms with Crippen LogP contribution in [0, 0.1) is 0 Å². The van der Waals surface area contributed by atoms with Gasteiger partial charge in [-0.2, -0.15) is 0 Å². The molecule has 0 atom stereocenters. The van der Waals surface area contributed by atoms with Gasteiger partial charge in [0.25, 0.3) is 0 Å². The summed E-state index contributed by atoms with van der Waals surface area (Å²) in [6.45, 7) is 3.88. The lowest BCUT2D eigenvalue weighted by Crippen LogP contribution is -2.34. The number of rotatable bonds is 10. The molecule has 0 saturated heterocycles. The molecule has 0 amide bonds. The molecular weight excluding hydrogens is 314 g/mol. The third kappa shape index (κ3) is 8.44. The molecule has 7 heteroatoms. The van der Waals surface area contributed by atoms with Gasteiger partial charge in [-0.3, -0.25) is 4.99 Å². The number of benzene rings is 1. The van der Waals surface area contributed by atoms with Crippen molar-refractivity contribution in [3.05, 3.63) is 24.3 Å². The number of guanidine groups is 1. The predicted molar refractivity (Wildman–Crippen MR) is 93.7 cm³/mol. The lowest BCUT2D eigenvalue weighted by molar-refractivity contribution is 0.322. The van der Waals surface area contributed by atoms with Gasteiger partial charge < -0.3 is 15.8 Å². The third-order valence-electron chi connectivity index (χ3n) is 3.22. The highest BCUT2D eigenvalue weighted by Gasteiger charge is 2.06. The fourth-order valence-electron chi connectivity index (χ4n) is 1.93. The van der Waals surface area contributed by atoms with Gasteiger partial charge in [0, 0.05) is 12.8 Å². The Bertz CT molecular complexity index is 583. The number of sulfone groups is 1. The molecule has 1 aromatic rings. The minimum Gasteiger partial charge on any atom is -0.492 e. The van der Waals surface area contributed by atoms with Crippen molar-refractivity contribution in [1.82, 2.24) is 5.32 Å². The highest BCUT2D eigenvalue weighted by molar-refractivity contribution is 7.90. The van der Waals surface area contributed by atoms with Crippen molar-refractivity contribution in [2.45, 2.75) is 37.5 Å². The smallest absolute Gasteiger partial charge is 0.188 e. The van der Waals surface area contributed by atoms with Crippen molar-refractivity contribution in [1.29, 1.82) is 0 Å². The second-order valence-electron chi connectivity index (χ2n) is 5.35. The van der Waals surface area contributed by atoms with Crippen molar-refractivity contribution < 1.29 is 13.2 Å². The van der Waals surface area contributed by atoms with Crippen LogP contribution in [0.5, 0.6) is 5.75 Å². The summed E-state index contributed by atoms with van der Waals surface area (Å²) in [7, 11) is -3.17. The Kier molecular flexibility index (Phi) is 8.47. The van der Waals surface area contributed by atoms with E-state index in [1.165, 1.54) is 37.7 Å². The second kappa shape index (κ2) is 10.1. The minimum absolute atomic E-state index is 0.280. The van der Waals surface area contributed by atoms with Crippen LogP contribution in [0.4, 0.5) is 0 Å². The van der Waals surface area contributed by atoms with Gasteiger partial charge in [-0.05, 0) is 30.7 Å². The van der Waals surface area contributed by atoms with E-state index in [1.807, 2.05) is 0 Å². The first-order chi connectivity index (χ1) is 10.9. The van der Waals surface area contributed by atoms with Crippen LogP contribution in [0.3, 0.4) is 0 Å². The van der Waals surface area contributed by atoms with Crippen LogP contribution in [0.25, 0.3) is 0 Å². The molecule has 23 heavy (non-hydrogen) atoms. The average molecular weight is 341 g/mol. The summed E-state index contributed by atoms with van der Waals surface area (Å²) in [5, 5.41) is 2.99. The Morgan fingerprint density at radius 3 is 2.52 bits per heavy atom. The van der Waals surface area contributed by atoms with Gasteiger partial charge in [-0.25, -0.2) is 8.42 Å². The summed E-state index contributed by atoms with van der Waals surface area (Å²) in [5.41, 5.74) is 5.75. The van der Waals surface area contributed by atoms with E-state index in [4.69, 9.17) is 10.5 Å². The topological polar surface area (TPSA) is 93.8 Å². The Balaban J connectivity index is 2.23. The number of nitrogens with one attached hydrogen (secondary N) is 1. The van der Waals surface area contributed by atoms with Crippen molar-refractivity contribution in [2.24, 2.45) is 10.7 Å². The van der Waals surface area contributed by atoms with E-state index in [1.54, 1.807) is 12.1 Å². The molecule has 0 aliphatic rings. The maximum absolute atomic E-state index is 11.3. The molecule has 0 fully saturated rings. The maximum atomic E-state index is 11.3. The number of hydrogen-bond donors (Lipinski definition) is 2. The predicted octanol–water partition coefficient (Wildman–Crippen LogP) is 1.95. The van der Waals surface area contributed by atoms with E-state index in [0.717, 1.165) is 13.0 Å². The fraction of sp³-hybridized carbons (Fsp3) is 0.562. The lowest BCUT2D eigenvalue weighted by Gasteiger charge is -2.08. The second-order valence-corrected chi connectivity index (χ2v) is 7.36. The fourth-order valence-corrected chi connectivity index (χ4v) is 2.56. The molecule has 0 spiro atoms. The largest absolute Gasteiger partial charge is 0.492 e. The standard InChI is InChI=1S/C16H27N3O3S/c1-3-4-5-6-11-18-16(17)19-12-13-22-14-7-9-15(10-8-14)23(2,20)21/h7-10H,3-6,11-13H2,1-2H3,(H3,17,18,19). The molecule has 0 aromatic heterocycles. The molecule has 0 bridgehead atoms. The Hall–Kier alpha value is -1.76. The Morgan fingerprint density at radius 2 is 1.91 bits per heavy atom. The molecule has 130 valence electrons. The molecule has 3 N–H and O–H groups in total. The van der Waals surface area contributed by atoms with Gasteiger partial charge in [0.05, 0.1) is 11.4 Å². The van der Waals surface area contributed by atoms with Gasteiger partial charge in [0.15, 0.2) is 15.8 Å². The number of ether oxygens (including phenoxy) is 1. The Labute approximate surface area is 139 Å². The SMILES string of the molecule is CCCCCCN=C(N)NCCOc1ccc(S(C)(=O)=O)cc1. The molecule has 0 unspecified atom stereocenters. The number of nitrogens with two attached hydrogens (primary N) is 1. The molecule has 0 radical (unpaired) electrons. The molecule has 0 aliphatic heterocycles. The van der Waals surface area contributed by atoms with E-state index in [0.29, 0.717) is 24.9 Å².